The number of ketones is 2. The second-order valence-electron chi connectivity index (χ2n) is 8.36. The Kier molecular flexibility index (Phi) is 2.32. The average Bonchev–Trinajstić information content (AvgIpc) is 2.79. The third-order valence-corrected chi connectivity index (χ3v) is 7.30. The fourth-order valence-electron chi connectivity index (χ4n) is 6.16. The van der Waals surface area contributed by atoms with Crippen LogP contribution < -0.4 is 0 Å². The molecule has 0 aromatic carbocycles. The summed E-state index contributed by atoms with van der Waals surface area (Å²) >= 11 is 0. The minimum atomic E-state index is -2.07. The highest BCUT2D eigenvalue weighted by molar-refractivity contribution is 5.95. The Balaban J connectivity index is 1.79. The van der Waals surface area contributed by atoms with Gasteiger partial charge in [0.25, 0.3) is 0 Å². The van der Waals surface area contributed by atoms with Crippen molar-refractivity contribution in [1.29, 1.82) is 0 Å². The third kappa shape index (κ3) is 1.78. The maximum absolute atomic E-state index is 13.2. The van der Waals surface area contributed by atoms with Gasteiger partial charge < -0.3 is 5.11 Å². The van der Waals surface area contributed by atoms with E-state index < -0.39 is 41.5 Å². The van der Waals surface area contributed by atoms with Crippen molar-refractivity contribution in [2.45, 2.75) is 71.2 Å². The second kappa shape index (κ2) is 4.66. The maximum atomic E-state index is 13.2. The predicted molar refractivity (Wildman–Crippen MR) is 83.1 cm³/mol. The topological polar surface area (TPSA) is 54.4 Å². The molecule has 0 radical (unpaired) electrons. The minimum Gasteiger partial charge on any atom is -0.393 e. The van der Waals surface area contributed by atoms with Crippen molar-refractivity contribution >= 4 is 11.6 Å². The molecule has 0 spiro atoms. The molecular weight excluding hydrogens is 276 g/mol. The van der Waals surface area contributed by atoms with Crippen LogP contribution in [0.15, 0.2) is 0 Å². The number of hydrogen-bond donors (Lipinski definition) is 1. The lowest BCUT2D eigenvalue weighted by molar-refractivity contribution is -0.162. The molecule has 0 aromatic heterocycles. The Morgan fingerprint density at radius 3 is 2.77 bits per heavy atom. The summed E-state index contributed by atoms with van der Waals surface area (Å²) in [4.78, 5) is 25.7. The van der Waals surface area contributed by atoms with E-state index in [4.69, 9.17) is 5.48 Å². The van der Waals surface area contributed by atoms with Crippen LogP contribution in [-0.2, 0) is 9.59 Å². The molecule has 0 saturated heterocycles. The van der Waals surface area contributed by atoms with Gasteiger partial charge in [0.1, 0.15) is 11.6 Å². The molecule has 3 nitrogen and oxygen atoms in total. The zero-order valence-electron chi connectivity index (χ0n) is 17.4. The molecule has 4 aliphatic rings. The van der Waals surface area contributed by atoms with Gasteiger partial charge in [-0.25, -0.2) is 0 Å². The zero-order chi connectivity index (χ0) is 19.3. The van der Waals surface area contributed by atoms with Gasteiger partial charge in [-0.3, -0.25) is 9.59 Å². The molecular formula is C19H28O3. The molecule has 0 aliphatic heterocycles. The van der Waals surface area contributed by atoms with Crippen molar-refractivity contribution in [2.75, 3.05) is 0 Å². The molecule has 7 atom stereocenters. The predicted octanol–water partition coefficient (Wildman–Crippen LogP) is 3.14. The number of aliphatic hydroxyl groups excluding tert-OH is 1. The van der Waals surface area contributed by atoms with Gasteiger partial charge in [0.05, 0.1) is 6.10 Å². The van der Waals surface area contributed by atoms with Crippen molar-refractivity contribution in [1.82, 2.24) is 0 Å². The Hall–Kier alpha value is -0.700. The lowest BCUT2D eigenvalue weighted by atomic mass is 9.45. The SMILES string of the molecule is [2H]C1([2H])C[C@@]2(C)[C@@H]3C(=O)C[C@@]4(C)C(=O)CC[C@@H]4[C@H]3CC[C@H]2C([2H])([2H])[C@H]1O. The minimum absolute atomic E-state index is 0.000750. The normalized spacial score (nSPS) is 61.9. The molecule has 22 heavy (non-hydrogen) atoms. The van der Waals surface area contributed by atoms with Crippen LogP contribution in [0.3, 0.4) is 0 Å². The van der Waals surface area contributed by atoms with Crippen molar-refractivity contribution in [3.63, 3.8) is 0 Å². The van der Waals surface area contributed by atoms with Gasteiger partial charge in [0, 0.05) is 29.7 Å². The van der Waals surface area contributed by atoms with Crippen LogP contribution in [0.25, 0.3) is 0 Å². The summed E-state index contributed by atoms with van der Waals surface area (Å²) in [6.07, 6.45) is -3.10. The first-order valence-electron chi connectivity index (χ1n) is 10.6. The van der Waals surface area contributed by atoms with Gasteiger partial charge in [-0.2, -0.15) is 0 Å². The lowest BCUT2D eigenvalue weighted by Crippen LogP contribution is -2.57. The summed E-state index contributed by atoms with van der Waals surface area (Å²) in [6.45, 7) is 3.77. The van der Waals surface area contributed by atoms with Crippen LogP contribution in [-0.4, -0.2) is 22.8 Å². The van der Waals surface area contributed by atoms with Crippen LogP contribution in [0.5, 0.6) is 0 Å². The molecule has 1 N–H and O–H groups in total. The van der Waals surface area contributed by atoms with Crippen LogP contribution in [0.1, 0.15) is 70.6 Å². The van der Waals surface area contributed by atoms with Crippen LogP contribution in [0, 0.1) is 34.5 Å². The summed E-state index contributed by atoms with van der Waals surface area (Å²) in [6, 6.07) is 0. The molecule has 4 aliphatic carbocycles. The highest BCUT2D eigenvalue weighted by Crippen LogP contribution is 2.64. The number of hydrogen-bond acceptors (Lipinski definition) is 3. The highest BCUT2D eigenvalue weighted by atomic mass is 16.3. The lowest BCUT2D eigenvalue weighted by Gasteiger charge is -2.58. The van der Waals surface area contributed by atoms with E-state index in [0.717, 1.165) is 6.42 Å². The number of carbonyl (C=O) groups excluding carboxylic acids is 2. The van der Waals surface area contributed by atoms with Crippen LogP contribution in [0.4, 0.5) is 0 Å². The number of carbonyl (C=O) groups is 2. The van der Waals surface area contributed by atoms with Crippen molar-refractivity contribution in [3.8, 4) is 0 Å². The molecule has 4 rings (SSSR count). The van der Waals surface area contributed by atoms with Crippen LogP contribution >= 0.6 is 0 Å². The summed E-state index contributed by atoms with van der Waals surface area (Å²) < 4.78 is 33.4. The van der Waals surface area contributed by atoms with Crippen molar-refractivity contribution < 1.29 is 20.2 Å². The number of rotatable bonds is 0. The summed E-state index contributed by atoms with van der Waals surface area (Å²) in [7, 11) is 0. The molecule has 0 bridgehead atoms. The molecule has 4 saturated carbocycles. The summed E-state index contributed by atoms with van der Waals surface area (Å²) in [5.41, 5.74) is -1.41. The van der Waals surface area contributed by atoms with Crippen molar-refractivity contribution in [3.05, 3.63) is 0 Å². The second-order valence-corrected chi connectivity index (χ2v) is 8.36. The van der Waals surface area contributed by atoms with E-state index in [1.165, 1.54) is 0 Å². The molecule has 4 fully saturated rings. The number of aliphatic hydroxyl groups is 1. The molecule has 0 aromatic rings. The largest absolute Gasteiger partial charge is 0.393 e. The van der Waals surface area contributed by atoms with E-state index in [2.05, 4.69) is 0 Å². The first-order valence-corrected chi connectivity index (χ1v) is 8.60. The first kappa shape index (κ1) is 11.0. The number of fused-ring (bicyclic) bond motifs is 5. The smallest absolute Gasteiger partial charge is 0.139 e. The fraction of sp³-hybridized carbons (Fsp3) is 0.895. The zero-order valence-corrected chi connectivity index (χ0v) is 13.4. The molecule has 122 valence electrons. The summed E-state index contributed by atoms with van der Waals surface area (Å²) in [5.74, 6) is -0.622. The fourth-order valence-corrected chi connectivity index (χ4v) is 6.16. The van der Waals surface area contributed by atoms with E-state index >= 15 is 0 Å². The Morgan fingerprint density at radius 2 is 2.00 bits per heavy atom. The average molecular weight is 308 g/mol. The molecule has 3 heteroatoms. The van der Waals surface area contributed by atoms with E-state index in [1.54, 1.807) is 0 Å². The Labute approximate surface area is 138 Å². The van der Waals surface area contributed by atoms with Crippen molar-refractivity contribution in [2.24, 2.45) is 34.5 Å². The quantitative estimate of drug-likeness (QED) is 0.748. The molecule has 0 heterocycles. The molecule has 0 amide bonds. The van der Waals surface area contributed by atoms with Crippen LogP contribution in [0.2, 0.25) is 0 Å². The molecule has 0 unspecified atom stereocenters. The van der Waals surface area contributed by atoms with Gasteiger partial charge in [0.2, 0.25) is 0 Å². The van der Waals surface area contributed by atoms with Gasteiger partial charge in [-0.1, -0.05) is 13.8 Å². The monoisotopic (exact) mass is 308 g/mol. The van der Waals surface area contributed by atoms with E-state index in [9.17, 15) is 14.7 Å². The Morgan fingerprint density at radius 1 is 1.23 bits per heavy atom. The van der Waals surface area contributed by atoms with Gasteiger partial charge >= 0.3 is 0 Å². The standard InChI is InChI=1S/C19H28O3/c1-18-8-7-12(20)9-11(18)3-4-13-14-5-6-16(22)19(14,2)10-15(21)17(13)18/h11-14,17,20H,3-10H2,1-2H3/t11-,12-,13+,14+,17-,18+,19+/m0/s1/i7D2,9D2. The van der Waals surface area contributed by atoms with Gasteiger partial charge in [-0.15, -0.1) is 0 Å². The highest BCUT2D eigenvalue weighted by Gasteiger charge is 2.63. The van der Waals surface area contributed by atoms with E-state index in [-0.39, 0.29) is 36.2 Å². The summed E-state index contributed by atoms with van der Waals surface area (Å²) in [5, 5.41) is 10.3. The Bertz CT molecular complexity index is 678. The first-order chi connectivity index (χ1) is 11.9. The van der Waals surface area contributed by atoms with Gasteiger partial charge in [0.15, 0.2) is 0 Å². The number of Topliss-reactive ketones (excluding diaryl/α,β-unsaturated/α-hetero) is 2. The maximum Gasteiger partial charge on any atom is 0.139 e. The third-order valence-electron chi connectivity index (χ3n) is 7.30. The van der Waals surface area contributed by atoms with E-state index in [1.807, 2.05) is 13.8 Å². The van der Waals surface area contributed by atoms with Gasteiger partial charge in [-0.05, 0) is 61.6 Å². The van der Waals surface area contributed by atoms with E-state index in [0.29, 0.717) is 19.3 Å².